The van der Waals surface area contributed by atoms with Crippen LogP contribution in [-0.2, 0) is 7.05 Å². The summed E-state index contributed by atoms with van der Waals surface area (Å²) in [6, 6.07) is 0.185. The van der Waals surface area contributed by atoms with Gasteiger partial charge in [-0.25, -0.2) is 4.68 Å². The number of aromatic nitrogens is 3. The van der Waals surface area contributed by atoms with E-state index in [0.717, 1.165) is 19.3 Å². The van der Waals surface area contributed by atoms with Crippen molar-refractivity contribution in [2.24, 2.45) is 18.7 Å². The Hall–Kier alpha value is -1.23. The van der Waals surface area contributed by atoms with Crippen LogP contribution in [0.3, 0.4) is 0 Å². The van der Waals surface area contributed by atoms with Crippen LogP contribution in [0.25, 0.3) is 0 Å². The lowest BCUT2D eigenvalue weighted by Gasteiger charge is -2.07. The third-order valence-electron chi connectivity index (χ3n) is 2.81. The maximum atomic E-state index is 11.9. The van der Waals surface area contributed by atoms with Crippen LogP contribution in [0.2, 0.25) is 0 Å². The zero-order valence-electron chi connectivity index (χ0n) is 8.18. The van der Waals surface area contributed by atoms with Gasteiger partial charge in [0.2, 0.25) is 0 Å². The predicted octanol–water partition coefficient (Wildman–Crippen LogP) is 0.125. The summed E-state index contributed by atoms with van der Waals surface area (Å²) in [6.45, 7) is 0. The Kier molecular flexibility index (Phi) is 2.33. The van der Waals surface area contributed by atoms with Crippen LogP contribution in [0, 0.1) is 5.92 Å². The first-order valence-corrected chi connectivity index (χ1v) is 4.83. The molecule has 2 N–H and O–H groups in total. The van der Waals surface area contributed by atoms with Gasteiger partial charge >= 0.3 is 0 Å². The second kappa shape index (κ2) is 3.49. The number of hydrogen-bond acceptors (Lipinski definition) is 4. The molecule has 0 spiro atoms. The van der Waals surface area contributed by atoms with Crippen LogP contribution in [0.1, 0.15) is 29.8 Å². The SMILES string of the molecule is Cn1nncc1C(=O)C1CCC(N)C1. The molecule has 14 heavy (non-hydrogen) atoms. The van der Waals surface area contributed by atoms with Gasteiger partial charge in [0.15, 0.2) is 5.78 Å². The van der Waals surface area contributed by atoms with Crippen LogP contribution in [0.4, 0.5) is 0 Å². The highest BCUT2D eigenvalue weighted by Gasteiger charge is 2.29. The molecule has 1 heterocycles. The van der Waals surface area contributed by atoms with Crippen molar-refractivity contribution in [2.45, 2.75) is 25.3 Å². The van der Waals surface area contributed by atoms with E-state index in [1.807, 2.05) is 0 Å². The Balaban J connectivity index is 2.13. The maximum Gasteiger partial charge on any atom is 0.185 e. The Bertz CT molecular complexity index is 346. The summed E-state index contributed by atoms with van der Waals surface area (Å²) in [5, 5.41) is 7.44. The summed E-state index contributed by atoms with van der Waals surface area (Å²) in [4.78, 5) is 11.9. The molecule has 76 valence electrons. The van der Waals surface area contributed by atoms with Gasteiger partial charge in [0, 0.05) is 19.0 Å². The van der Waals surface area contributed by atoms with Gasteiger partial charge in [-0.1, -0.05) is 5.21 Å². The van der Waals surface area contributed by atoms with Gasteiger partial charge in [-0.15, -0.1) is 5.10 Å². The number of carbonyl (C=O) groups is 1. The molecule has 1 fully saturated rings. The molecule has 0 aromatic carbocycles. The summed E-state index contributed by atoms with van der Waals surface area (Å²) in [6.07, 6.45) is 4.16. The van der Waals surface area contributed by atoms with Crippen LogP contribution < -0.4 is 5.73 Å². The Labute approximate surface area is 82.3 Å². The quantitative estimate of drug-likeness (QED) is 0.679. The standard InChI is InChI=1S/C9H14N4O/c1-13-8(5-11-12-13)9(14)6-2-3-7(10)4-6/h5-7H,2-4,10H2,1H3. The van der Waals surface area contributed by atoms with Crippen molar-refractivity contribution in [3.63, 3.8) is 0 Å². The second-order valence-electron chi connectivity index (χ2n) is 3.88. The van der Waals surface area contributed by atoms with E-state index in [0.29, 0.717) is 5.69 Å². The van der Waals surface area contributed by atoms with Crippen LogP contribution in [-0.4, -0.2) is 26.8 Å². The lowest BCUT2D eigenvalue weighted by molar-refractivity contribution is 0.0912. The van der Waals surface area contributed by atoms with Crippen molar-refractivity contribution in [1.82, 2.24) is 15.0 Å². The highest BCUT2D eigenvalue weighted by atomic mass is 16.1. The molecule has 1 saturated carbocycles. The largest absolute Gasteiger partial charge is 0.328 e. The molecule has 2 unspecified atom stereocenters. The average molecular weight is 194 g/mol. The van der Waals surface area contributed by atoms with Crippen LogP contribution >= 0.6 is 0 Å². The molecule has 1 aliphatic carbocycles. The van der Waals surface area contributed by atoms with Crippen molar-refractivity contribution in [3.05, 3.63) is 11.9 Å². The van der Waals surface area contributed by atoms with Crippen molar-refractivity contribution in [3.8, 4) is 0 Å². The molecule has 1 aliphatic rings. The molecule has 0 aliphatic heterocycles. The summed E-state index contributed by atoms with van der Waals surface area (Å²) in [5.41, 5.74) is 6.35. The first-order chi connectivity index (χ1) is 6.68. The lowest BCUT2D eigenvalue weighted by Crippen LogP contribution is -2.19. The van der Waals surface area contributed by atoms with Gasteiger partial charge in [0.25, 0.3) is 0 Å². The number of aryl methyl sites for hydroxylation is 1. The first kappa shape index (κ1) is 9.33. The molecule has 2 atom stereocenters. The number of Topliss-reactive ketones (excluding diaryl/α,β-unsaturated/α-hetero) is 1. The number of hydrogen-bond donors (Lipinski definition) is 1. The molecule has 1 aromatic heterocycles. The van der Waals surface area contributed by atoms with E-state index in [2.05, 4.69) is 10.3 Å². The molecule has 0 saturated heterocycles. The molecule has 0 radical (unpaired) electrons. The summed E-state index contributed by atoms with van der Waals surface area (Å²) in [7, 11) is 1.73. The second-order valence-corrected chi connectivity index (χ2v) is 3.88. The summed E-state index contributed by atoms with van der Waals surface area (Å²) < 4.78 is 1.52. The summed E-state index contributed by atoms with van der Waals surface area (Å²) in [5.74, 6) is 0.202. The normalized spacial score (nSPS) is 26.7. The maximum absolute atomic E-state index is 11.9. The minimum Gasteiger partial charge on any atom is -0.328 e. The van der Waals surface area contributed by atoms with E-state index >= 15 is 0 Å². The van der Waals surface area contributed by atoms with Gasteiger partial charge in [-0.3, -0.25) is 4.79 Å². The number of carbonyl (C=O) groups excluding carboxylic acids is 1. The topological polar surface area (TPSA) is 73.8 Å². The fourth-order valence-electron chi connectivity index (χ4n) is 1.98. The lowest BCUT2D eigenvalue weighted by atomic mass is 10.0. The van der Waals surface area contributed by atoms with Gasteiger partial charge in [-0.2, -0.15) is 0 Å². The third-order valence-corrected chi connectivity index (χ3v) is 2.81. The first-order valence-electron chi connectivity index (χ1n) is 4.83. The number of rotatable bonds is 2. The van der Waals surface area contributed by atoms with Crippen molar-refractivity contribution < 1.29 is 4.79 Å². The van der Waals surface area contributed by atoms with E-state index in [9.17, 15) is 4.79 Å². The number of ketones is 1. The zero-order chi connectivity index (χ0) is 10.1. The minimum absolute atomic E-state index is 0.0715. The number of nitrogens with zero attached hydrogens (tertiary/aromatic N) is 3. The van der Waals surface area contributed by atoms with E-state index < -0.39 is 0 Å². The minimum atomic E-state index is 0.0715. The Morgan fingerprint density at radius 1 is 1.64 bits per heavy atom. The number of nitrogens with two attached hydrogens (primary N) is 1. The molecule has 5 heteroatoms. The van der Waals surface area contributed by atoms with E-state index in [-0.39, 0.29) is 17.7 Å². The highest BCUT2D eigenvalue weighted by Crippen LogP contribution is 2.26. The van der Waals surface area contributed by atoms with Gasteiger partial charge in [0.1, 0.15) is 5.69 Å². The van der Waals surface area contributed by atoms with Gasteiger partial charge in [-0.05, 0) is 19.3 Å². The highest BCUT2D eigenvalue weighted by molar-refractivity contribution is 5.96. The van der Waals surface area contributed by atoms with Crippen LogP contribution in [0.15, 0.2) is 6.20 Å². The zero-order valence-corrected chi connectivity index (χ0v) is 8.18. The molecule has 0 bridgehead atoms. The van der Waals surface area contributed by atoms with Crippen LogP contribution in [0.5, 0.6) is 0 Å². The van der Waals surface area contributed by atoms with E-state index in [4.69, 9.17) is 5.73 Å². The molecule has 1 aromatic rings. The van der Waals surface area contributed by atoms with Gasteiger partial charge < -0.3 is 5.73 Å². The average Bonchev–Trinajstić information content (AvgIpc) is 2.73. The Morgan fingerprint density at radius 2 is 2.43 bits per heavy atom. The molecular formula is C9H14N4O. The molecule has 0 amide bonds. The predicted molar refractivity (Wildman–Crippen MR) is 50.6 cm³/mol. The Morgan fingerprint density at radius 3 is 2.93 bits per heavy atom. The van der Waals surface area contributed by atoms with E-state index in [1.54, 1.807) is 7.05 Å². The van der Waals surface area contributed by atoms with Crippen molar-refractivity contribution >= 4 is 5.78 Å². The summed E-state index contributed by atoms with van der Waals surface area (Å²) >= 11 is 0. The van der Waals surface area contributed by atoms with E-state index in [1.165, 1.54) is 10.9 Å². The fourth-order valence-corrected chi connectivity index (χ4v) is 1.98. The smallest absolute Gasteiger partial charge is 0.185 e. The molecular weight excluding hydrogens is 180 g/mol. The molecule has 2 rings (SSSR count). The monoisotopic (exact) mass is 194 g/mol. The van der Waals surface area contributed by atoms with Crippen molar-refractivity contribution in [2.75, 3.05) is 0 Å². The van der Waals surface area contributed by atoms with Gasteiger partial charge in [0.05, 0.1) is 6.20 Å². The van der Waals surface area contributed by atoms with Crippen molar-refractivity contribution in [1.29, 1.82) is 0 Å². The third kappa shape index (κ3) is 1.55. The molecule has 5 nitrogen and oxygen atoms in total. The fraction of sp³-hybridized carbons (Fsp3) is 0.667.